The molecule has 0 bridgehead atoms. The zero-order valence-corrected chi connectivity index (χ0v) is 15.5. The minimum absolute atomic E-state index is 0.966. The second-order valence-corrected chi connectivity index (χ2v) is 8.33. The molecule has 0 spiro atoms. The van der Waals surface area contributed by atoms with Gasteiger partial charge in [-0.15, -0.1) is 22.7 Å². The van der Waals surface area contributed by atoms with Crippen LogP contribution in [0.25, 0.3) is 9.75 Å². The van der Waals surface area contributed by atoms with E-state index >= 15 is 0 Å². The summed E-state index contributed by atoms with van der Waals surface area (Å²) in [6, 6.07) is 8.84. The Kier molecular flexibility index (Phi) is 4.74. The molecule has 0 N–H and O–H groups in total. The first kappa shape index (κ1) is 15.9. The summed E-state index contributed by atoms with van der Waals surface area (Å²) in [4.78, 5) is 16.0. The molecule has 3 nitrogen and oxygen atoms in total. The fourth-order valence-corrected chi connectivity index (χ4v) is 5.01. The summed E-state index contributed by atoms with van der Waals surface area (Å²) in [6.07, 6.45) is 5.18. The molecule has 4 rings (SSSR count). The number of fused-ring (bicyclic) bond motifs is 1. The van der Waals surface area contributed by atoms with Gasteiger partial charge in [0.05, 0.1) is 0 Å². The van der Waals surface area contributed by atoms with Gasteiger partial charge in [-0.2, -0.15) is 0 Å². The number of nitrogens with zero attached hydrogens (tertiary/aromatic N) is 3. The Balaban J connectivity index is 1.44. The Bertz CT molecular complexity index is 808. The van der Waals surface area contributed by atoms with Crippen molar-refractivity contribution in [2.75, 3.05) is 6.54 Å². The number of hydrogen-bond donors (Lipinski definition) is 0. The third-order valence-electron chi connectivity index (χ3n) is 4.34. The fraction of sp³-hybridized carbons (Fsp3) is 0.368. The van der Waals surface area contributed by atoms with Crippen molar-refractivity contribution in [2.24, 2.45) is 0 Å². The first-order valence-corrected chi connectivity index (χ1v) is 10.2. The van der Waals surface area contributed by atoms with Gasteiger partial charge >= 0.3 is 0 Å². The normalized spacial score (nSPS) is 14.7. The molecule has 0 unspecified atom stereocenters. The van der Waals surface area contributed by atoms with Gasteiger partial charge < -0.3 is 0 Å². The standard InChI is InChI=1S/C19H21N3S2/c1-2-4-19-20-11-14-12-22(9-8-16(14)21-19)13-15-6-7-18(24-15)17-5-3-10-23-17/h3,5-7,10-11H,2,4,8-9,12-13H2,1H3. The van der Waals surface area contributed by atoms with Crippen molar-refractivity contribution in [3.63, 3.8) is 0 Å². The zero-order chi connectivity index (χ0) is 16.4. The summed E-state index contributed by atoms with van der Waals surface area (Å²) in [6.45, 7) is 5.25. The van der Waals surface area contributed by atoms with E-state index in [4.69, 9.17) is 4.98 Å². The summed E-state index contributed by atoms with van der Waals surface area (Å²) in [7, 11) is 0. The molecule has 3 aromatic rings. The van der Waals surface area contributed by atoms with Crippen molar-refractivity contribution >= 4 is 22.7 Å². The Hall–Kier alpha value is -1.56. The van der Waals surface area contributed by atoms with E-state index in [-0.39, 0.29) is 0 Å². The van der Waals surface area contributed by atoms with Gasteiger partial charge in [0, 0.05) is 64.6 Å². The van der Waals surface area contributed by atoms with E-state index in [1.165, 1.54) is 25.9 Å². The van der Waals surface area contributed by atoms with Crippen LogP contribution < -0.4 is 0 Å². The Morgan fingerprint density at radius 3 is 3.00 bits per heavy atom. The molecule has 1 aliphatic heterocycles. The molecule has 4 heterocycles. The van der Waals surface area contributed by atoms with E-state index in [2.05, 4.69) is 46.5 Å². The smallest absolute Gasteiger partial charge is 0.128 e. The molecule has 0 fully saturated rings. The van der Waals surface area contributed by atoms with Crippen molar-refractivity contribution in [3.05, 3.63) is 57.8 Å². The van der Waals surface area contributed by atoms with Crippen LogP contribution in [0.5, 0.6) is 0 Å². The lowest BCUT2D eigenvalue weighted by Gasteiger charge is -2.27. The fourth-order valence-electron chi connectivity index (χ4n) is 3.13. The minimum Gasteiger partial charge on any atom is -0.293 e. The number of aromatic nitrogens is 2. The number of thiophene rings is 2. The molecular formula is C19H21N3S2. The number of aryl methyl sites for hydroxylation is 1. The highest BCUT2D eigenvalue weighted by atomic mass is 32.1. The van der Waals surface area contributed by atoms with Crippen LogP contribution in [-0.2, 0) is 25.9 Å². The minimum atomic E-state index is 0.966. The van der Waals surface area contributed by atoms with E-state index in [1.807, 2.05) is 28.9 Å². The Morgan fingerprint density at radius 1 is 1.21 bits per heavy atom. The van der Waals surface area contributed by atoms with Crippen LogP contribution in [0.3, 0.4) is 0 Å². The maximum absolute atomic E-state index is 4.75. The van der Waals surface area contributed by atoms with Crippen molar-refractivity contribution in [1.29, 1.82) is 0 Å². The second kappa shape index (κ2) is 7.13. The lowest BCUT2D eigenvalue weighted by Crippen LogP contribution is -2.30. The van der Waals surface area contributed by atoms with Crippen LogP contribution in [0.4, 0.5) is 0 Å². The Labute approximate surface area is 151 Å². The van der Waals surface area contributed by atoms with Crippen LogP contribution in [-0.4, -0.2) is 21.4 Å². The van der Waals surface area contributed by atoms with Crippen LogP contribution in [0.1, 0.15) is 35.3 Å². The van der Waals surface area contributed by atoms with Crippen molar-refractivity contribution in [3.8, 4) is 9.75 Å². The van der Waals surface area contributed by atoms with Gasteiger partial charge in [0.1, 0.15) is 5.82 Å². The third-order valence-corrected chi connectivity index (χ3v) is 6.48. The van der Waals surface area contributed by atoms with Gasteiger partial charge in [0.15, 0.2) is 0 Å². The zero-order valence-electron chi connectivity index (χ0n) is 13.9. The molecule has 124 valence electrons. The molecule has 0 radical (unpaired) electrons. The molecule has 5 heteroatoms. The van der Waals surface area contributed by atoms with Gasteiger partial charge in [-0.1, -0.05) is 13.0 Å². The monoisotopic (exact) mass is 355 g/mol. The first-order chi connectivity index (χ1) is 11.8. The Morgan fingerprint density at radius 2 is 2.17 bits per heavy atom. The summed E-state index contributed by atoms with van der Waals surface area (Å²) in [5.74, 6) is 1.00. The molecule has 1 aliphatic rings. The SMILES string of the molecule is CCCc1ncc2c(n1)CCN(Cc1ccc(-c3cccs3)s1)C2. The number of rotatable bonds is 5. The summed E-state index contributed by atoms with van der Waals surface area (Å²) in [5, 5.41) is 2.14. The van der Waals surface area contributed by atoms with Gasteiger partial charge in [0.25, 0.3) is 0 Å². The average molecular weight is 356 g/mol. The van der Waals surface area contributed by atoms with Crippen molar-refractivity contribution < 1.29 is 0 Å². The van der Waals surface area contributed by atoms with Crippen LogP contribution in [0.15, 0.2) is 35.8 Å². The maximum atomic E-state index is 4.75. The van der Waals surface area contributed by atoms with E-state index in [0.29, 0.717) is 0 Å². The van der Waals surface area contributed by atoms with E-state index in [0.717, 1.165) is 44.7 Å². The highest BCUT2D eigenvalue weighted by molar-refractivity contribution is 7.21. The molecular weight excluding hydrogens is 334 g/mol. The largest absolute Gasteiger partial charge is 0.293 e. The molecule has 0 saturated heterocycles. The van der Waals surface area contributed by atoms with E-state index in [1.54, 1.807) is 0 Å². The van der Waals surface area contributed by atoms with E-state index < -0.39 is 0 Å². The summed E-state index contributed by atoms with van der Waals surface area (Å²) < 4.78 is 0. The third kappa shape index (κ3) is 3.43. The predicted molar refractivity (Wildman–Crippen MR) is 101 cm³/mol. The predicted octanol–water partition coefficient (Wildman–Crippen LogP) is 4.78. The number of hydrogen-bond acceptors (Lipinski definition) is 5. The van der Waals surface area contributed by atoms with Crippen molar-refractivity contribution in [2.45, 2.75) is 39.3 Å². The van der Waals surface area contributed by atoms with Gasteiger partial charge in [-0.05, 0) is 30.0 Å². The highest BCUT2D eigenvalue weighted by Gasteiger charge is 2.19. The lowest BCUT2D eigenvalue weighted by molar-refractivity contribution is 0.244. The molecule has 0 amide bonds. The van der Waals surface area contributed by atoms with Gasteiger partial charge in [-0.3, -0.25) is 4.90 Å². The first-order valence-electron chi connectivity index (χ1n) is 8.50. The molecule has 0 saturated carbocycles. The lowest BCUT2D eigenvalue weighted by atomic mass is 10.1. The topological polar surface area (TPSA) is 29.0 Å². The molecule has 0 aliphatic carbocycles. The molecule has 0 aromatic carbocycles. The van der Waals surface area contributed by atoms with Crippen LogP contribution >= 0.6 is 22.7 Å². The van der Waals surface area contributed by atoms with Crippen LogP contribution in [0, 0.1) is 0 Å². The molecule has 3 aromatic heterocycles. The van der Waals surface area contributed by atoms with Gasteiger partial charge in [-0.25, -0.2) is 9.97 Å². The highest BCUT2D eigenvalue weighted by Crippen LogP contribution is 2.32. The van der Waals surface area contributed by atoms with Crippen molar-refractivity contribution in [1.82, 2.24) is 14.9 Å². The maximum Gasteiger partial charge on any atom is 0.128 e. The quantitative estimate of drug-likeness (QED) is 0.660. The average Bonchev–Trinajstić information content (AvgIpc) is 3.26. The second-order valence-electron chi connectivity index (χ2n) is 6.21. The van der Waals surface area contributed by atoms with Crippen LogP contribution in [0.2, 0.25) is 0 Å². The van der Waals surface area contributed by atoms with Gasteiger partial charge in [0.2, 0.25) is 0 Å². The molecule has 0 atom stereocenters. The van der Waals surface area contributed by atoms with E-state index in [9.17, 15) is 0 Å². The summed E-state index contributed by atoms with van der Waals surface area (Å²) in [5.41, 5.74) is 2.56. The molecule has 24 heavy (non-hydrogen) atoms. The summed E-state index contributed by atoms with van der Waals surface area (Å²) >= 11 is 3.72.